The lowest BCUT2D eigenvalue weighted by atomic mass is 10.1. The molecule has 5 rings (SSSR count). The Morgan fingerprint density at radius 1 is 1.07 bits per heavy atom. The molecule has 0 amide bonds. The number of hydrogen-bond donors (Lipinski definition) is 2. The van der Waals surface area contributed by atoms with E-state index in [1.807, 2.05) is 6.07 Å². The third-order valence-corrected chi connectivity index (χ3v) is 5.59. The van der Waals surface area contributed by atoms with Crippen LogP contribution in [-0.4, -0.2) is 46.5 Å². The molecule has 7 nitrogen and oxygen atoms in total. The van der Waals surface area contributed by atoms with Crippen LogP contribution in [0.2, 0.25) is 0 Å². The van der Waals surface area contributed by atoms with E-state index < -0.39 is 0 Å². The van der Waals surface area contributed by atoms with E-state index in [0.29, 0.717) is 23.3 Å². The van der Waals surface area contributed by atoms with Crippen LogP contribution in [0.4, 0.5) is 5.69 Å². The number of nitrogens with one attached hydrogen (secondary N) is 2. The van der Waals surface area contributed by atoms with Gasteiger partial charge in [0, 0.05) is 42.5 Å². The van der Waals surface area contributed by atoms with Crippen LogP contribution >= 0.6 is 12.4 Å². The SMILES string of the molecule is Cl.c1cc(N2CCCCC2)ccc1-c1noc(-c2cc(C3CCNC3)[nH]n2)n1. The number of rotatable bonds is 4. The maximum Gasteiger partial charge on any atom is 0.278 e. The summed E-state index contributed by atoms with van der Waals surface area (Å²) < 4.78 is 5.46. The predicted molar refractivity (Wildman–Crippen MR) is 111 cm³/mol. The van der Waals surface area contributed by atoms with Gasteiger partial charge in [0.05, 0.1) is 0 Å². The topological polar surface area (TPSA) is 82.9 Å². The second-order valence-electron chi connectivity index (χ2n) is 7.42. The van der Waals surface area contributed by atoms with Crippen molar-refractivity contribution < 1.29 is 4.52 Å². The lowest BCUT2D eigenvalue weighted by Gasteiger charge is -2.28. The van der Waals surface area contributed by atoms with Crippen molar-refractivity contribution in [1.29, 1.82) is 0 Å². The van der Waals surface area contributed by atoms with Gasteiger partial charge >= 0.3 is 0 Å². The van der Waals surface area contributed by atoms with Crippen molar-refractivity contribution in [2.45, 2.75) is 31.6 Å². The van der Waals surface area contributed by atoms with Gasteiger partial charge in [-0.15, -0.1) is 12.4 Å². The summed E-state index contributed by atoms with van der Waals surface area (Å²) in [4.78, 5) is 6.99. The highest BCUT2D eigenvalue weighted by Crippen LogP contribution is 2.27. The first-order valence-electron chi connectivity index (χ1n) is 9.82. The largest absolute Gasteiger partial charge is 0.372 e. The Labute approximate surface area is 170 Å². The van der Waals surface area contributed by atoms with Gasteiger partial charge in [-0.05, 0) is 62.6 Å². The van der Waals surface area contributed by atoms with E-state index in [0.717, 1.165) is 43.9 Å². The van der Waals surface area contributed by atoms with Crippen LogP contribution in [0.5, 0.6) is 0 Å². The van der Waals surface area contributed by atoms with Crippen LogP contribution in [0.3, 0.4) is 0 Å². The van der Waals surface area contributed by atoms with Crippen LogP contribution < -0.4 is 10.2 Å². The normalized spacial score (nSPS) is 19.6. The summed E-state index contributed by atoms with van der Waals surface area (Å²) in [6, 6.07) is 10.5. The fraction of sp³-hybridized carbons (Fsp3) is 0.450. The molecular weight excluding hydrogens is 376 g/mol. The van der Waals surface area contributed by atoms with Crippen molar-refractivity contribution in [2.24, 2.45) is 0 Å². The molecule has 0 aliphatic carbocycles. The zero-order valence-electron chi connectivity index (χ0n) is 15.7. The lowest BCUT2D eigenvalue weighted by molar-refractivity contribution is 0.431. The molecule has 4 heterocycles. The quantitative estimate of drug-likeness (QED) is 0.696. The molecule has 0 saturated carbocycles. The minimum Gasteiger partial charge on any atom is -0.372 e. The molecule has 1 unspecified atom stereocenters. The third kappa shape index (κ3) is 3.77. The number of nitrogens with zero attached hydrogens (tertiary/aromatic N) is 4. The molecule has 8 heteroatoms. The molecule has 2 aliphatic rings. The van der Waals surface area contributed by atoms with E-state index in [2.05, 4.69) is 54.8 Å². The first-order chi connectivity index (χ1) is 13.4. The van der Waals surface area contributed by atoms with E-state index in [9.17, 15) is 0 Å². The molecular formula is C20H25ClN6O. The summed E-state index contributed by atoms with van der Waals surface area (Å²) in [5.74, 6) is 1.54. The van der Waals surface area contributed by atoms with Gasteiger partial charge in [-0.2, -0.15) is 10.1 Å². The smallest absolute Gasteiger partial charge is 0.278 e. The number of anilines is 1. The van der Waals surface area contributed by atoms with Gasteiger partial charge in [-0.1, -0.05) is 5.16 Å². The lowest BCUT2D eigenvalue weighted by Crippen LogP contribution is -2.29. The van der Waals surface area contributed by atoms with Crippen molar-refractivity contribution >= 4 is 18.1 Å². The van der Waals surface area contributed by atoms with Gasteiger partial charge in [0.25, 0.3) is 5.89 Å². The predicted octanol–water partition coefficient (Wildman–Crippen LogP) is 3.62. The minimum atomic E-state index is 0. The first-order valence-corrected chi connectivity index (χ1v) is 9.82. The molecule has 2 saturated heterocycles. The van der Waals surface area contributed by atoms with E-state index >= 15 is 0 Å². The monoisotopic (exact) mass is 400 g/mol. The molecule has 148 valence electrons. The summed E-state index contributed by atoms with van der Waals surface area (Å²) in [6.45, 7) is 4.32. The summed E-state index contributed by atoms with van der Waals surface area (Å²) in [5.41, 5.74) is 4.06. The number of piperidine rings is 1. The van der Waals surface area contributed by atoms with E-state index in [4.69, 9.17) is 4.52 Å². The van der Waals surface area contributed by atoms with Crippen LogP contribution in [0.25, 0.3) is 23.0 Å². The highest BCUT2D eigenvalue weighted by molar-refractivity contribution is 5.85. The zero-order chi connectivity index (χ0) is 18.1. The van der Waals surface area contributed by atoms with Crippen molar-refractivity contribution in [3.8, 4) is 23.0 Å². The van der Waals surface area contributed by atoms with Gasteiger partial charge in [0.15, 0.2) is 5.69 Å². The Morgan fingerprint density at radius 3 is 2.64 bits per heavy atom. The molecule has 2 N–H and O–H groups in total. The van der Waals surface area contributed by atoms with E-state index in [-0.39, 0.29) is 12.4 Å². The molecule has 2 fully saturated rings. The Kier molecular flexibility index (Phi) is 5.64. The zero-order valence-corrected chi connectivity index (χ0v) is 16.5. The summed E-state index contributed by atoms with van der Waals surface area (Å²) in [6.07, 6.45) is 5.02. The van der Waals surface area contributed by atoms with Crippen molar-refractivity contribution in [1.82, 2.24) is 25.7 Å². The van der Waals surface area contributed by atoms with Crippen molar-refractivity contribution in [3.05, 3.63) is 36.0 Å². The van der Waals surface area contributed by atoms with Gasteiger partial charge in [-0.3, -0.25) is 5.10 Å². The fourth-order valence-electron chi connectivity index (χ4n) is 3.99. The van der Waals surface area contributed by atoms with E-state index in [1.165, 1.54) is 24.9 Å². The molecule has 0 bridgehead atoms. The molecule has 1 atom stereocenters. The summed E-state index contributed by atoms with van der Waals surface area (Å²) in [7, 11) is 0. The number of halogens is 1. The average molecular weight is 401 g/mol. The van der Waals surface area contributed by atoms with Crippen LogP contribution in [0.1, 0.15) is 37.3 Å². The highest BCUT2D eigenvalue weighted by Gasteiger charge is 2.21. The maximum atomic E-state index is 5.46. The summed E-state index contributed by atoms with van der Waals surface area (Å²) >= 11 is 0. The van der Waals surface area contributed by atoms with Gasteiger partial charge in [-0.25, -0.2) is 0 Å². The highest BCUT2D eigenvalue weighted by atomic mass is 35.5. The van der Waals surface area contributed by atoms with Gasteiger partial charge in [0.2, 0.25) is 5.82 Å². The standard InChI is InChI=1S/C20H24N6O.ClH/c1-2-10-26(11-3-1)16-6-4-14(5-7-16)19-22-20(27-25-19)18-12-17(23-24-18)15-8-9-21-13-15;/h4-7,12,15,21H,1-3,8-11,13H2,(H,23,24);1H. The Bertz CT molecular complexity index is 894. The average Bonchev–Trinajstić information content (AvgIpc) is 3.49. The molecule has 1 aromatic carbocycles. The number of hydrogen-bond acceptors (Lipinski definition) is 6. The maximum absolute atomic E-state index is 5.46. The molecule has 3 aromatic rings. The van der Waals surface area contributed by atoms with Crippen LogP contribution in [0, 0.1) is 0 Å². The van der Waals surface area contributed by atoms with Crippen LogP contribution in [-0.2, 0) is 0 Å². The fourth-order valence-corrected chi connectivity index (χ4v) is 3.99. The molecule has 2 aromatic heterocycles. The van der Waals surface area contributed by atoms with Gasteiger partial charge < -0.3 is 14.7 Å². The Morgan fingerprint density at radius 2 is 1.89 bits per heavy atom. The molecule has 2 aliphatic heterocycles. The van der Waals surface area contributed by atoms with E-state index in [1.54, 1.807) is 0 Å². The Balaban J connectivity index is 0.00000192. The third-order valence-electron chi connectivity index (χ3n) is 5.59. The van der Waals surface area contributed by atoms with Crippen LogP contribution in [0.15, 0.2) is 34.9 Å². The second kappa shape index (κ2) is 8.32. The first kappa shape index (κ1) is 19.0. The molecule has 0 radical (unpaired) electrons. The second-order valence-corrected chi connectivity index (χ2v) is 7.42. The number of aromatic amines is 1. The summed E-state index contributed by atoms with van der Waals surface area (Å²) in [5, 5.41) is 15.0. The van der Waals surface area contributed by atoms with Crippen molar-refractivity contribution in [2.75, 3.05) is 31.1 Å². The molecule has 28 heavy (non-hydrogen) atoms. The minimum absolute atomic E-state index is 0. The van der Waals surface area contributed by atoms with Crippen molar-refractivity contribution in [3.63, 3.8) is 0 Å². The number of H-pyrrole nitrogens is 1. The number of benzene rings is 1. The Hall–Kier alpha value is -2.38. The molecule has 0 spiro atoms. The number of aromatic nitrogens is 4. The van der Waals surface area contributed by atoms with Gasteiger partial charge in [0.1, 0.15) is 0 Å².